The summed E-state index contributed by atoms with van der Waals surface area (Å²) in [7, 11) is -8.01. The molecule has 2 aromatic heterocycles. The van der Waals surface area contributed by atoms with Gasteiger partial charge in [-0.2, -0.15) is 0 Å². The molecule has 4 aliphatic carbocycles. The van der Waals surface area contributed by atoms with E-state index in [0.717, 1.165) is 51.3 Å². The number of carbonyl (C=O) groups excluding carboxylic acids is 8. The van der Waals surface area contributed by atoms with Gasteiger partial charge < -0.3 is 38.2 Å². The number of sulfonamides is 2. The van der Waals surface area contributed by atoms with Crippen molar-refractivity contribution < 1.29 is 101 Å². The summed E-state index contributed by atoms with van der Waals surface area (Å²) < 4.78 is 149. The van der Waals surface area contributed by atoms with Gasteiger partial charge in [-0.1, -0.05) is 64.8 Å². The number of aromatic nitrogens is 2. The quantitative estimate of drug-likeness (QED) is 0.0374. The maximum atomic E-state index is 15.1. The van der Waals surface area contributed by atoms with Crippen LogP contribution in [-0.4, -0.2) is 167 Å². The van der Waals surface area contributed by atoms with Gasteiger partial charge in [0.2, 0.25) is 55.4 Å². The largest absolute Gasteiger partial charge is 0.494 e. The minimum absolute atomic E-state index is 0.0354. The van der Waals surface area contributed by atoms with Gasteiger partial charge in [-0.25, -0.2) is 44.4 Å². The molecular formula is C88H118F4N6O18S2. The van der Waals surface area contributed by atoms with Crippen molar-refractivity contribution in [2.75, 3.05) is 26.3 Å². The molecular weight excluding hydrogens is 1570 g/mol. The zero-order valence-electron chi connectivity index (χ0n) is 70.4. The van der Waals surface area contributed by atoms with Gasteiger partial charge in [0.15, 0.2) is 22.8 Å². The summed E-state index contributed by atoms with van der Waals surface area (Å²) in [4.78, 5) is 127. The maximum absolute atomic E-state index is 15.1. The van der Waals surface area contributed by atoms with E-state index in [9.17, 15) is 63.2 Å². The van der Waals surface area contributed by atoms with E-state index >= 15 is 9.59 Å². The Balaban J connectivity index is 0.000000231. The molecule has 14 atom stereocenters. The Morgan fingerprint density at radius 1 is 0.542 bits per heavy atom. The second-order valence-electron chi connectivity index (χ2n) is 36.2. The number of hydrogen-bond acceptors (Lipinski definition) is 20. The number of fused-ring (bicyclic) bond motifs is 6. The number of esters is 2. The van der Waals surface area contributed by atoms with Crippen LogP contribution in [0.1, 0.15) is 225 Å². The molecule has 6 fully saturated rings. The van der Waals surface area contributed by atoms with Crippen molar-refractivity contribution in [2.45, 2.75) is 282 Å². The number of nitrogens with one attached hydrogen (secondary N) is 2. The lowest BCUT2D eigenvalue weighted by molar-refractivity contribution is -0.197. The summed E-state index contributed by atoms with van der Waals surface area (Å²) in [6.07, 6.45) is 14.9. The molecule has 0 radical (unpaired) electrons. The second kappa shape index (κ2) is 35.0. The van der Waals surface area contributed by atoms with Crippen LogP contribution in [0.4, 0.5) is 17.6 Å². The molecule has 6 heterocycles. The predicted molar refractivity (Wildman–Crippen MR) is 434 cm³/mol. The maximum Gasteiger partial charge on any atom is 0.307 e. The van der Waals surface area contributed by atoms with Gasteiger partial charge in [-0.15, -0.1) is 0 Å². The summed E-state index contributed by atoms with van der Waals surface area (Å²) in [5.41, 5.74) is -6.97. The number of halogens is 4. The van der Waals surface area contributed by atoms with Crippen LogP contribution in [0, 0.1) is 58.2 Å². The number of nitrogens with zero attached hydrogens (tertiary/aromatic N) is 4. The van der Waals surface area contributed by atoms with Crippen LogP contribution in [-0.2, 0) is 67.9 Å². The van der Waals surface area contributed by atoms with E-state index in [-0.39, 0.29) is 98.9 Å². The summed E-state index contributed by atoms with van der Waals surface area (Å²) in [5.74, 6) is -13.5. The lowest BCUT2D eigenvalue weighted by Gasteiger charge is -2.35. The van der Waals surface area contributed by atoms with Gasteiger partial charge in [0, 0.05) is 62.7 Å². The van der Waals surface area contributed by atoms with Crippen LogP contribution in [0.3, 0.4) is 0 Å². The highest BCUT2D eigenvalue weighted by Gasteiger charge is 2.65. The number of hydrogen-bond donors (Lipinski definition) is 2. The first-order chi connectivity index (χ1) is 55.3. The molecule has 30 heteroatoms. The molecule has 0 bridgehead atoms. The first-order valence-electron chi connectivity index (χ1n) is 42.0. The number of allylic oxidation sites excluding steroid dienone is 4. The van der Waals surface area contributed by atoms with Gasteiger partial charge in [0.05, 0.1) is 83.4 Å². The molecule has 24 nitrogen and oxygen atoms in total. The fraction of sp³-hybridized carbons (Fsp3) is 0.659. The number of benzene rings is 2. The van der Waals surface area contributed by atoms with Crippen LogP contribution in [0.2, 0.25) is 0 Å². The lowest BCUT2D eigenvalue weighted by Crippen LogP contribution is -2.49. The van der Waals surface area contributed by atoms with Gasteiger partial charge in [-0.05, 0) is 227 Å². The zero-order chi connectivity index (χ0) is 86.3. The average Bonchev–Trinajstić information content (AvgIpc) is 1.57. The topological polar surface area (TPSA) is 317 Å². The van der Waals surface area contributed by atoms with E-state index < -0.39 is 160 Å². The highest BCUT2D eigenvalue weighted by molar-refractivity contribution is 7.92. The Bertz CT molecular complexity index is 4460. The van der Waals surface area contributed by atoms with Crippen LogP contribution in [0.25, 0.3) is 21.5 Å². The smallest absolute Gasteiger partial charge is 0.307 e. The third kappa shape index (κ3) is 20.0. The standard InChI is InChI=1S/2C44H59F2N3O9S/c2*1-8-28-20-27(3)12-10-11-13-30-24-44(30,40(53)48-59(54,55)42(6)17-18-42)25-36(50)35-22-32(57-38-33-15-14-31(56-9-2)21-29(33)16-19-47-38)26-49(35)39(52)34(28)23-37(51)58-41(4,5)43(7,45)46/h2*11,13-16,19,21,27-28,30,32,34-35H,8-10,12,17-18,20,22-26H2,1-7H3,(H,48,53)/b2*13-11-/t27-,28+,30+,32+,34-,35-,44+;27-,28-,30-,32-,34+,35+,44-/m01/s1. The Hall–Kier alpha value is -8.28. The summed E-state index contributed by atoms with van der Waals surface area (Å²) in [6.45, 7) is 21.5. The first-order valence-corrected chi connectivity index (χ1v) is 44.9. The fourth-order valence-electron chi connectivity index (χ4n) is 17.1. The van der Waals surface area contributed by atoms with Crippen molar-refractivity contribution >= 4 is 88.7 Å². The van der Waals surface area contributed by atoms with E-state index in [4.69, 9.17) is 28.4 Å². The van der Waals surface area contributed by atoms with Crippen molar-refractivity contribution in [3.63, 3.8) is 0 Å². The minimum atomic E-state index is -4.01. The minimum Gasteiger partial charge on any atom is -0.494 e. The van der Waals surface area contributed by atoms with Gasteiger partial charge in [0.25, 0.3) is 11.8 Å². The molecule has 12 rings (SSSR count). The van der Waals surface area contributed by atoms with E-state index in [1.165, 1.54) is 9.80 Å². The van der Waals surface area contributed by atoms with E-state index in [2.05, 4.69) is 19.4 Å². The van der Waals surface area contributed by atoms with Gasteiger partial charge in [-0.3, -0.25) is 47.8 Å². The molecule has 4 aliphatic heterocycles. The molecule has 8 aliphatic rings. The summed E-state index contributed by atoms with van der Waals surface area (Å²) >= 11 is 0. The average molecular weight is 1690 g/mol. The number of Topliss-reactive ketones (excluding diaryl/α,β-unsaturated/α-hetero) is 2. The van der Waals surface area contributed by atoms with Gasteiger partial charge in [0.1, 0.15) is 23.7 Å². The molecule has 2 aromatic carbocycles. The number of ether oxygens (including phenoxy) is 6. The predicted octanol–water partition coefficient (Wildman–Crippen LogP) is 14.7. The van der Waals surface area contributed by atoms with E-state index in [0.29, 0.717) is 114 Å². The lowest BCUT2D eigenvalue weighted by atomic mass is 9.79. The third-order valence-electron chi connectivity index (χ3n) is 26.5. The second-order valence-corrected chi connectivity index (χ2v) is 40.6. The van der Waals surface area contributed by atoms with Crippen LogP contribution in [0.15, 0.2) is 85.2 Å². The van der Waals surface area contributed by atoms with E-state index in [1.807, 2.05) is 102 Å². The number of amides is 4. The summed E-state index contributed by atoms with van der Waals surface area (Å²) in [5, 5.41) is 2.97. The number of alkyl halides is 4. The Morgan fingerprint density at radius 3 is 1.24 bits per heavy atom. The highest BCUT2D eigenvalue weighted by Crippen LogP contribution is 2.60. The molecule has 2 N–H and O–H groups in total. The number of carbonyl (C=O) groups is 8. The molecule has 0 spiro atoms. The van der Waals surface area contributed by atoms with Crippen LogP contribution >= 0.6 is 0 Å². The fourth-order valence-corrected chi connectivity index (χ4v) is 19.8. The van der Waals surface area contributed by atoms with Crippen molar-refractivity contribution in [3.8, 4) is 23.3 Å². The first kappa shape index (κ1) is 90.5. The highest BCUT2D eigenvalue weighted by atomic mass is 32.2. The van der Waals surface area contributed by atoms with Crippen LogP contribution in [0.5, 0.6) is 23.3 Å². The molecule has 4 amide bonds. The van der Waals surface area contributed by atoms with Crippen molar-refractivity contribution in [1.82, 2.24) is 29.2 Å². The molecule has 118 heavy (non-hydrogen) atoms. The van der Waals surface area contributed by atoms with Crippen molar-refractivity contribution in [2.24, 2.45) is 58.2 Å². The molecule has 0 unspecified atom stereocenters. The molecule has 4 aromatic rings. The zero-order valence-corrected chi connectivity index (χ0v) is 72.1. The summed E-state index contributed by atoms with van der Waals surface area (Å²) in [6, 6.07) is 12.4. The monoisotopic (exact) mass is 1690 g/mol. The third-order valence-corrected chi connectivity index (χ3v) is 30.8. The Kier molecular flexibility index (Phi) is 26.9. The Labute approximate surface area is 690 Å². The number of ketones is 2. The SMILES string of the molecule is CCOc1ccc2c(O[C@@H]3C[C@H]4C(=O)C[C@]5(C(=O)NS(=O)(=O)C6(C)CC6)C[C@H]5/C=C\CC[C@@H](C)C[C@@H](CC)[C@H](CC(=O)OC(C)(C)C(C)(F)F)C(=O)N4C3)nccc2c1.CCOc1ccc2c(O[C@@H]3C[C@H]4C(=O)C[C@]5(C(=O)NS(=O)(=O)C6(C)CC6)C[C@H]5/C=C\CC[C@H](C)C[C@@H](CC)[C@H](CC(=O)OC(C)(C)C(C)(F)F)C(=O)N4C3)nccc2c1. The van der Waals surface area contributed by atoms with E-state index in [1.54, 1.807) is 38.4 Å². The molecule has 4 saturated carbocycles. The van der Waals surface area contributed by atoms with Gasteiger partial charge >= 0.3 is 11.9 Å². The van der Waals surface area contributed by atoms with Crippen molar-refractivity contribution in [3.05, 3.63) is 85.2 Å². The Morgan fingerprint density at radius 2 is 0.907 bits per heavy atom. The van der Waals surface area contributed by atoms with Crippen LogP contribution < -0.4 is 28.4 Å². The number of rotatable bonds is 24. The molecule has 648 valence electrons. The molecule has 2 saturated heterocycles. The van der Waals surface area contributed by atoms with Crippen molar-refractivity contribution in [1.29, 1.82) is 0 Å². The number of pyridine rings is 2. The normalized spacial score (nSPS) is 29.3.